The van der Waals surface area contributed by atoms with E-state index in [1.807, 2.05) is 6.92 Å². The average Bonchev–Trinajstić information content (AvgIpc) is 1.80. The summed E-state index contributed by atoms with van der Waals surface area (Å²) in [5.74, 6) is 0. The lowest BCUT2D eigenvalue weighted by molar-refractivity contribution is 0.121. The Bertz CT molecular complexity index is 54.9. The van der Waals surface area contributed by atoms with Gasteiger partial charge in [0.15, 0.2) is 0 Å². The van der Waals surface area contributed by atoms with Gasteiger partial charge in [0.25, 0.3) is 0 Å². The number of ether oxygens (including phenoxy) is 1. The van der Waals surface area contributed by atoms with Gasteiger partial charge in [0.2, 0.25) is 0 Å². The van der Waals surface area contributed by atoms with Gasteiger partial charge in [0.05, 0.1) is 5.44 Å². The fourth-order valence-corrected chi connectivity index (χ4v) is 0.711. The molecule has 0 saturated heterocycles. The van der Waals surface area contributed by atoms with Crippen molar-refractivity contribution in [2.45, 2.75) is 38.5 Å². The standard InChI is InChI=1S/C7H16OS/c1-3-4-5-6-8-7(2)9/h7,9H,3-6H2,1-2H3. The molecule has 1 nitrogen and oxygen atoms in total. The van der Waals surface area contributed by atoms with Crippen molar-refractivity contribution in [2.24, 2.45) is 0 Å². The highest BCUT2D eigenvalue weighted by atomic mass is 32.1. The minimum atomic E-state index is 0.0989. The van der Waals surface area contributed by atoms with Crippen LogP contribution in [0.4, 0.5) is 0 Å². The highest BCUT2D eigenvalue weighted by Gasteiger charge is 1.91. The van der Waals surface area contributed by atoms with E-state index < -0.39 is 0 Å². The van der Waals surface area contributed by atoms with E-state index >= 15 is 0 Å². The van der Waals surface area contributed by atoms with E-state index in [1.165, 1.54) is 19.3 Å². The molecular formula is C7H16OS. The summed E-state index contributed by atoms with van der Waals surface area (Å²) in [6.07, 6.45) is 3.69. The third kappa shape index (κ3) is 8.31. The van der Waals surface area contributed by atoms with Crippen LogP contribution in [0.1, 0.15) is 33.1 Å². The molecule has 0 amide bonds. The van der Waals surface area contributed by atoms with E-state index in [9.17, 15) is 0 Å². The molecule has 0 aliphatic heterocycles. The fourth-order valence-electron chi connectivity index (χ4n) is 0.606. The Balaban J connectivity index is 2.75. The molecule has 0 aliphatic rings. The van der Waals surface area contributed by atoms with Crippen LogP contribution in [0, 0.1) is 0 Å². The molecule has 0 heterocycles. The molecule has 0 bridgehead atoms. The summed E-state index contributed by atoms with van der Waals surface area (Å²) in [5.41, 5.74) is 0.0989. The van der Waals surface area contributed by atoms with Gasteiger partial charge in [-0.2, -0.15) is 0 Å². The van der Waals surface area contributed by atoms with Crippen molar-refractivity contribution in [2.75, 3.05) is 6.61 Å². The maximum atomic E-state index is 5.21. The Morgan fingerprint density at radius 2 is 2.11 bits per heavy atom. The lowest BCUT2D eigenvalue weighted by Crippen LogP contribution is -2.00. The van der Waals surface area contributed by atoms with E-state index in [4.69, 9.17) is 4.74 Å². The van der Waals surface area contributed by atoms with E-state index in [2.05, 4.69) is 19.6 Å². The fraction of sp³-hybridized carbons (Fsp3) is 1.00. The van der Waals surface area contributed by atoms with Crippen molar-refractivity contribution in [3.8, 4) is 0 Å². The van der Waals surface area contributed by atoms with Crippen molar-refractivity contribution in [3.05, 3.63) is 0 Å². The van der Waals surface area contributed by atoms with Crippen molar-refractivity contribution in [1.29, 1.82) is 0 Å². The number of hydrogen-bond donors (Lipinski definition) is 1. The maximum Gasteiger partial charge on any atom is 0.0971 e. The Hall–Kier alpha value is 0.310. The number of unbranched alkanes of at least 4 members (excludes halogenated alkanes) is 2. The van der Waals surface area contributed by atoms with Gasteiger partial charge < -0.3 is 4.74 Å². The van der Waals surface area contributed by atoms with Crippen LogP contribution >= 0.6 is 12.6 Å². The van der Waals surface area contributed by atoms with Crippen LogP contribution in [-0.2, 0) is 4.74 Å². The molecule has 0 spiro atoms. The predicted molar refractivity (Wildman–Crippen MR) is 43.9 cm³/mol. The van der Waals surface area contributed by atoms with E-state index in [0.29, 0.717) is 0 Å². The number of hydrogen-bond acceptors (Lipinski definition) is 2. The summed E-state index contributed by atoms with van der Waals surface area (Å²) in [4.78, 5) is 0. The molecule has 9 heavy (non-hydrogen) atoms. The summed E-state index contributed by atoms with van der Waals surface area (Å²) in [5, 5.41) is 0. The zero-order valence-corrected chi connectivity index (χ0v) is 7.16. The quantitative estimate of drug-likeness (QED) is 0.358. The molecule has 0 radical (unpaired) electrons. The Morgan fingerprint density at radius 1 is 1.44 bits per heavy atom. The second-order valence-corrected chi connectivity index (χ2v) is 2.90. The molecule has 0 rings (SSSR count). The van der Waals surface area contributed by atoms with Crippen LogP contribution < -0.4 is 0 Å². The zero-order chi connectivity index (χ0) is 7.11. The Labute approximate surface area is 63.2 Å². The second kappa shape index (κ2) is 6.43. The molecule has 0 aromatic heterocycles. The minimum absolute atomic E-state index is 0.0989. The largest absolute Gasteiger partial charge is 0.368 e. The van der Waals surface area contributed by atoms with Gasteiger partial charge in [0.1, 0.15) is 0 Å². The number of thiol groups is 1. The Kier molecular flexibility index (Phi) is 6.65. The van der Waals surface area contributed by atoms with Gasteiger partial charge in [-0.3, -0.25) is 0 Å². The zero-order valence-electron chi connectivity index (χ0n) is 6.26. The molecule has 2 heteroatoms. The molecule has 0 aromatic rings. The molecule has 0 aromatic carbocycles. The van der Waals surface area contributed by atoms with Crippen LogP contribution in [0.5, 0.6) is 0 Å². The maximum absolute atomic E-state index is 5.21. The SMILES string of the molecule is CCCCCOC(C)S. The van der Waals surface area contributed by atoms with Gasteiger partial charge in [-0.25, -0.2) is 0 Å². The van der Waals surface area contributed by atoms with Gasteiger partial charge in [-0.05, 0) is 13.3 Å². The lowest BCUT2D eigenvalue weighted by atomic mass is 10.3. The lowest BCUT2D eigenvalue weighted by Gasteiger charge is -2.04. The van der Waals surface area contributed by atoms with Crippen LogP contribution in [0.2, 0.25) is 0 Å². The first-order chi connectivity index (χ1) is 4.27. The normalized spacial score (nSPS) is 13.7. The third-order valence-corrected chi connectivity index (χ3v) is 1.26. The van der Waals surface area contributed by atoms with Gasteiger partial charge in [-0.1, -0.05) is 19.8 Å². The molecule has 56 valence electrons. The smallest absolute Gasteiger partial charge is 0.0971 e. The Morgan fingerprint density at radius 3 is 2.56 bits per heavy atom. The van der Waals surface area contributed by atoms with Gasteiger partial charge >= 0.3 is 0 Å². The van der Waals surface area contributed by atoms with Crippen molar-refractivity contribution in [1.82, 2.24) is 0 Å². The van der Waals surface area contributed by atoms with Crippen LogP contribution in [0.3, 0.4) is 0 Å². The summed E-state index contributed by atoms with van der Waals surface area (Å²) in [6, 6.07) is 0. The minimum Gasteiger partial charge on any atom is -0.368 e. The van der Waals surface area contributed by atoms with E-state index in [0.717, 1.165) is 6.61 Å². The van der Waals surface area contributed by atoms with Crippen molar-refractivity contribution < 1.29 is 4.74 Å². The third-order valence-electron chi connectivity index (χ3n) is 1.11. The second-order valence-electron chi connectivity index (χ2n) is 2.18. The summed E-state index contributed by atoms with van der Waals surface area (Å²) in [6.45, 7) is 4.98. The highest BCUT2D eigenvalue weighted by molar-refractivity contribution is 7.80. The summed E-state index contributed by atoms with van der Waals surface area (Å²) >= 11 is 4.08. The van der Waals surface area contributed by atoms with E-state index in [1.54, 1.807) is 0 Å². The molecule has 0 aliphatic carbocycles. The molecule has 0 fully saturated rings. The molecule has 1 unspecified atom stereocenters. The van der Waals surface area contributed by atoms with Crippen molar-refractivity contribution in [3.63, 3.8) is 0 Å². The van der Waals surface area contributed by atoms with E-state index in [-0.39, 0.29) is 5.44 Å². The summed E-state index contributed by atoms with van der Waals surface area (Å²) < 4.78 is 5.21. The topological polar surface area (TPSA) is 9.23 Å². The molecule has 0 N–H and O–H groups in total. The monoisotopic (exact) mass is 148 g/mol. The van der Waals surface area contributed by atoms with Crippen LogP contribution in [0.25, 0.3) is 0 Å². The summed E-state index contributed by atoms with van der Waals surface area (Å²) in [7, 11) is 0. The number of rotatable bonds is 5. The highest BCUT2D eigenvalue weighted by Crippen LogP contribution is 1.99. The van der Waals surface area contributed by atoms with Crippen LogP contribution in [0.15, 0.2) is 0 Å². The van der Waals surface area contributed by atoms with Crippen LogP contribution in [-0.4, -0.2) is 12.0 Å². The average molecular weight is 148 g/mol. The van der Waals surface area contributed by atoms with Gasteiger partial charge in [0, 0.05) is 6.61 Å². The van der Waals surface area contributed by atoms with Crippen molar-refractivity contribution >= 4 is 12.6 Å². The predicted octanol–water partition coefficient (Wildman–Crippen LogP) is 2.47. The van der Waals surface area contributed by atoms with Gasteiger partial charge in [-0.15, -0.1) is 12.6 Å². The molecular weight excluding hydrogens is 132 g/mol. The first kappa shape index (κ1) is 9.31. The molecule has 1 atom stereocenters. The molecule has 0 saturated carbocycles. The first-order valence-electron chi connectivity index (χ1n) is 3.57. The first-order valence-corrected chi connectivity index (χ1v) is 4.08.